The van der Waals surface area contributed by atoms with Gasteiger partial charge in [0.05, 0.1) is 18.0 Å². The quantitative estimate of drug-likeness (QED) is 0.841. The van der Waals surface area contributed by atoms with E-state index in [0.29, 0.717) is 18.0 Å². The van der Waals surface area contributed by atoms with Crippen LogP contribution in [0.25, 0.3) is 0 Å². The zero-order valence-electron chi connectivity index (χ0n) is 14.3. The lowest BCUT2D eigenvalue weighted by Gasteiger charge is -2.21. The van der Waals surface area contributed by atoms with Gasteiger partial charge in [0.25, 0.3) is 10.0 Å². The highest BCUT2D eigenvalue weighted by Crippen LogP contribution is 2.30. The van der Waals surface area contributed by atoms with E-state index in [1.165, 1.54) is 17.0 Å². The van der Waals surface area contributed by atoms with Gasteiger partial charge in [-0.1, -0.05) is 17.7 Å². The van der Waals surface area contributed by atoms with Crippen LogP contribution in [0.5, 0.6) is 5.75 Å². The lowest BCUT2D eigenvalue weighted by molar-refractivity contribution is 0.235. The molecule has 2 aromatic carbocycles. The molecule has 132 valence electrons. The van der Waals surface area contributed by atoms with Crippen LogP contribution in [0.2, 0.25) is 0 Å². The summed E-state index contributed by atoms with van der Waals surface area (Å²) in [5.41, 5.74) is 1.60. The maximum atomic E-state index is 12.9. The summed E-state index contributed by atoms with van der Waals surface area (Å²) in [6.07, 6.45) is 0. The molecule has 7 heteroatoms. The van der Waals surface area contributed by atoms with Crippen molar-refractivity contribution < 1.29 is 17.9 Å². The highest BCUT2D eigenvalue weighted by atomic mass is 32.2. The molecule has 1 saturated heterocycles. The van der Waals surface area contributed by atoms with Gasteiger partial charge in [-0.05, 0) is 50.2 Å². The van der Waals surface area contributed by atoms with Gasteiger partial charge in [-0.15, -0.1) is 0 Å². The fourth-order valence-corrected chi connectivity index (χ4v) is 4.42. The van der Waals surface area contributed by atoms with Gasteiger partial charge in [0.2, 0.25) is 0 Å². The molecular weight excluding hydrogens is 340 g/mol. The first kappa shape index (κ1) is 17.3. The van der Waals surface area contributed by atoms with Crippen molar-refractivity contribution in [3.63, 3.8) is 0 Å². The van der Waals surface area contributed by atoms with Crippen molar-refractivity contribution in [3.8, 4) is 5.75 Å². The predicted octanol–water partition coefficient (Wildman–Crippen LogP) is 3.02. The van der Waals surface area contributed by atoms with Crippen molar-refractivity contribution >= 4 is 21.7 Å². The van der Waals surface area contributed by atoms with Gasteiger partial charge in [0.15, 0.2) is 0 Å². The van der Waals surface area contributed by atoms with E-state index in [4.69, 9.17) is 4.74 Å². The van der Waals surface area contributed by atoms with Crippen LogP contribution in [0.15, 0.2) is 53.4 Å². The van der Waals surface area contributed by atoms with E-state index >= 15 is 0 Å². The minimum absolute atomic E-state index is 0.120. The van der Waals surface area contributed by atoms with E-state index in [1.54, 1.807) is 50.4 Å². The highest BCUT2D eigenvalue weighted by Gasteiger charge is 2.43. The maximum absolute atomic E-state index is 12.9. The van der Waals surface area contributed by atoms with Crippen LogP contribution in [-0.4, -0.2) is 38.5 Å². The van der Waals surface area contributed by atoms with Crippen molar-refractivity contribution in [2.24, 2.45) is 0 Å². The summed E-state index contributed by atoms with van der Waals surface area (Å²) in [5, 5.41) is 0. The van der Waals surface area contributed by atoms with Crippen LogP contribution in [0, 0.1) is 6.92 Å². The molecule has 2 aromatic rings. The van der Waals surface area contributed by atoms with Crippen LogP contribution in [0.3, 0.4) is 0 Å². The molecule has 0 aliphatic carbocycles. The molecule has 0 radical (unpaired) electrons. The lowest BCUT2D eigenvalue weighted by atomic mass is 10.2. The van der Waals surface area contributed by atoms with E-state index in [-0.39, 0.29) is 4.90 Å². The average molecular weight is 360 g/mol. The van der Waals surface area contributed by atoms with Crippen molar-refractivity contribution in [1.29, 1.82) is 0 Å². The molecule has 0 spiro atoms. The van der Waals surface area contributed by atoms with Crippen LogP contribution in [-0.2, 0) is 10.0 Å². The first-order chi connectivity index (χ1) is 11.8. The van der Waals surface area contributed by atoms with Crippen molar-refractivity contribution in [1.82, 2.24) is 4.31 Å². The molecule has 3 rings (SSSR count). The third kappa shape index (κ3) is 3.07. The second kappa shape index (κ2) is 6.40. The molecule has 6 nitrogen and oxygen atoms in total. The highest BCUT2D eigenvalue weighted by molar-refractivity contribution is 7.89. The van der Waals surface area contributed by atoms with Gasteiger partial charge in [-0.25, -0.2) is 17.5 Å². The van der Waals surface area contributed by atoms with E-state index in [1.807, 2.05) is 6.92 Å². The molecular formula is C18H20N2O4S. The maximum Gasteiger partial charge on any atom is 0.338 e. The van der Waals surface area contributed by atoms with E-state index in [9.17, 15) is 13.2 Å². The Hall–Kier alpha value is -2.54. The third-order valence-electron chi connectivity index (χ3n) is 4.23. The molecule has 1 aliphatic rings. The van der Waals surface area contributed by atoms with Crippen molar-refractivity contribution in [2.75, 3.05) is 18.6 Å². The third-order valence-corrected chi connectivity index (χ3v) is 6.13. The molecule has 1 atom stereocenters. The Kier molecular flexibility index (Phi) is 4.43. The number of ether oxygens (including phenoxy) is 1. The fourth-order valence-electron chi connectivity index (χ4n) is 2.87. The topological polar surface area (TPSA) is 66.9 Å². The Morgan fingerprint density at radius 2 is 1.64 bits per heavy atom. The first-order valence-electron chi connectivity index (χ1n) is 7.91. The van der Waals surface area contributed by atoms with Gasteiger partial charge in [0, 0.05) is 12.2 Å². The predicted molar refractivity (Wildman–Crippen MR) is 95.4 cm³/mol. The molecule has 0 saturated carbocycles. The molecule has 0 N–H and O–H groups in total. The SMILES string of the molecule is COc1ccc(N2CC(C)N(S(=O)(=O)c3ccc(C)cc3)C2=O)cc1. The normalized spacial score (nSPS) is 17.9. The molecule has 0 aromatic heterocycles. The molecule has 1 unspecified atom stereocenters. The van der Waals surface area contributed by atoms with Gasteiger partial charge in [-0.2, -0.15) is 0 Å². The summed E-state index contributed by atoms with van der Waals surface area (Å²) in [7, 11) is -2.33. The Balaban J connectivity index is 1.92. The number of nitrogens with zero attached hydrogens (tertiary/aromatic N) is 2. The molecule has 2 amide bonds. The number of anilines is 1. The monoisotopic (exact) mass is 360 g/mol. The molecule has 1 aliphatic heterocycles. The van der Waals surface area contributed by atoms with E-state index < -0.39 is 22.1 Å². The molecule has 1 fully saturated rings. The number of hydrogen-bond donors (Lipinski definition) is 0. The second-order valence-electron chi connectivity index (χ2n) is 6.05. The number of methoxy groups -OCH3 is 1. The number of carbonyl (C=O) groups is 1. The summed E-state index contributed by atoms with van der Waals surface area (Å²) in [4.78, 5) is 14.4. The fraction of sp³-hybridized carbons (Fsp3) is 0.278. The Morgan fingerprint density at radius 3 is 2.20 bits per heavy atom. The number of sulfonamides is 1. The molecule has 1 heterocycles. The Morgan fingerprint density at radius 1 is 1.04 bits per heavy atom. The Bertz CT molecular complexity index is 876. The summed E-state index contributed by atoms with van der Waals surface area (Å²) in [6, 6.07) is 12.5. The standard InChI is InChI=1S/C18H20N2O4S/c1-13-4-10-17(11-5-13)25(22,23)20-14(2)12-19(18(20)21)15-6-8-16(24-3)9-7-15/h4-11,14H,12H2,1-3H3. The minimum Gasteiger partial charge on any atom is -0.497 e. The number of rotatable bonds is 4. The zero-order valence-corrected chi connectivity index (χ0v) is 15.2. The summed E-state index contributed by atoms with van der Waals surface area (Å²) < 4.78 is 31.9. The number of hydrogen-bond acceptors (Lipinski definition) is 4. The first-order valence-corrected chi connectivity index (χ1v) is 9.35. The summed E-state index contributed by atoms with van der Waals surface area (Å²) >= 11 is 0. The van der Waals surface area contributed by atoms with Crippen molar-refractivity contribution in [3.05, 3.63) is 54.1 Å². The van der Waals surface area contributed by atoms with Crippen LogP contribution in [0.4, 0.5) is 10.5 Å². The second-order valence-corrected chi connectivity index (χ2v) is 7.87. The number of carbonyl (C=O) groups excluding carboxylic acids is 1. The molecule has 0 bridgehead atoms. The smallest absolute Gasteiger partial charge is 0.338 e. The zero-order chi connectivity index (χ0) is 18.2. The average Bonchev–Trinajstić information content (AvgIpc) is 2.90. The van der Waals surface area contributed by atoms with Gasteiger partial charge >= 0.3 is 6.03 Å². The van der Waals surface area contributed by atoms with E-state index in [0.717, 1.165) is 9.87 Å². The van der Waals surface area contributed by atoms with Gasteiger partial charge in [0.1, 0.15) is 5.75 Å². The summed E-state index contributed by atoms with van der Waals surface area (Å²) in [5.74, 6) is 0.674. The number of aryl methyl sites for hydroxylation is 1. The van der Waals surface area contributed by atoms with Gasteiger partial charge < -0.3 is 4.74 Å². The van der Waals surface area contributed by atoms with E-state index in [2.05, 4.69) is 0 Å². The van der Waals surface area contributed by atoms with Crippen LogP contribution in [0.1, 0.15) is 12.5 Å². The van der Waals surface area contributed by atoms with Crippen LogP contribution >= 0.6 is 0 Å². The number of urea groups is 1. The lowest BCUT2D eigenvalue weighted by Crippen LogP contribution is -2.39. The van der Waals surface area contributed by atoms with Crippen molar-refractivity contribution in [2.45, 2.75) is 24.8 Å². The number of amides is 2. The minimum atomic E-state index is -3.89. The Labute approximate surface area is 147 Å². The number of benzene rings is 2. The largest absolute Gasteiger partial charge is 0.497 e. The summed E-state index contributed by atoms with van der Waals surface area (Å²) in [6.45, 7) is 3.91. The van der Waals surface area contributed by atoms with Gasteiger partial charge in [-0.3, -0.25) is 4.90 Å². The molecule has 25 heavy (non-hydrogen) atoms. The van der Waals surface area contributed by atoms with Crippen LogP contribution < -0.4 is 9.64 Å².